The fraction of sp³-hybridized carbons (Fsp3) is 0.455. The lowest BCUT2D eigenvalue weighted by Crippen LogP contribution is -2.63. The summed E-state index contributed by atoms with van der Waals surface area (Å²) >= 11 is 0. The van der Waals surface area contributed by atoms with Gasteiger partial charge < -0.3 is 24.3 Å². The third kappa shape index (κ3) is 5.15. The van der Waals surface area contributed by atoms with Crippen LogP contribution in [-0.4, -0.2) is 44.8 Å². The van der Waals surface area contributed by atoms with Gasteiger partial charge >= 0.3 is 0 Å². The van der Waals surface area contributed by atoms with Gasteiger partial charge in [-0.25, -0.2) is 0 Å². The van der Waals surface area contributed by atoms with Crippen molar-refractivity contribution in [2.75, 3.05) is 14.2 Å². The first-order chi connectivity index (χ1) is 13.2. The highest BCUT2D eigenvalue weighted by atomic mass is 16.7. The summed E-state index contributed by atoms with van der Waals surface area (Å²) in [6, 6.07) is 20.3. The second-order valence-electron chi connectivity index (χ2n) is 6.78. The lowest BCUT2D eigenvalue weighted by Gasteiger charge is -2.44. The average molecular weight is 371 g/mol. The van der Waals surface area contributed by atoms with E-state index in [2.05, 4.69) is 17.4 Å². The van der Waals surface area contributed by atoms with E-state index in [9.17, 15) is 0 Å². The smallest absolute Gasteiger partial charge is 0.186 e. The van der Waals surface area contributed by atoms with Gasteiger partial charge in [0.15, 0.2) is 6.29 Å². The van der Waals surface area contributed by atoms with Crippen molar-refractivity contribution >= 4 is 0 Å². The van der Waals surface area contributed by atoms with Crippen molar-refractivity contribution in [1.29, 1.82) is 0 Å². The SMILES string of the molecule is CN[C@@H]1[C@H](OCc2ccccc2)[C@@H](OCc2ccccc2)[C@@H](OC)O[C@@H]1C. The molecule has 0 bridgehead atoms. The predicted octanol–water partition coefficient (Wildman–Crippen LogP) is 3.14. The zero-order valence-corrected chi connectivity index (χ0v) is 16.2. The zero-order chi connectivity index (χ0) is 19.1. The lowest BCUT2D eigenvalue weighted by molar-refractivity contribution is -0.286. The molecule has 0 radical (unpaired) electrons. The molecule has 0 unspecified atom stereocenters. The summed E-state index contributed by atoms with van der Waals surface area (Å²) in [5.74, 6) is 0. The molecule has 0 spiro atoms. The van der Waals surface area contributed by atoms with E-state index in [1.165, 1.54) is 0 Å². The molecule has 146 valence electrons. The van der Waals surface area contributed by atoms with Crippen molar-refractivity contribution in [3.05, 3.63) is 71.8 Å². The number of methoxy groups -OCH3 is 1. The van der Waals surface area contributed by atoms with Crippen LogP contribution >= 0.6 is 0 Å². The molecule has 5 atom stereocenters. The van der Waals surface area contributed by atoms with Crippen molar-refractivity contribution in [2.45, 2.75) is 50.8 Å². The topological polar surface area (TPSA) is 49.0 Å². The molecule has 0 aromatic heterocycles. The molecule has 5 heteroatoms. The molecule has 1 heterocycles. The van der Waals surface area contributed by atoms with Crippen LogP contribution in [0.25, 0.3) is 0 Å². The fourth-order valence-corrected chi connectivity index (χ4v) is 3.49. The lowest BCUT2D eigenvalue weighted by atomic mass is 9.96. The molecule has 0 amide bonds. The standard InChI is InChI=1S/C22H29NO4/c1-16-19(23-2)20(25-14-17-10-6-4-7-11-17)21(22(24-3)27-16)26-15-18-12-8-5-9-13-18/h4-13,16,19-23H,14-15H2,1-3H3/t16-,19+,20+,21-,22+/m1/s1. The third-order valence-electron chi connectivity index (χ3n) is 4.94. The van der Waals surface area contributed by atoms with E-state index in [-0.39, 0.29) is 24.4 Å². The molecular formula is C22H29NO4. The number of nitrogens with one attached hydrogen (secondary N) is 1. The Morgan fingerprint density at radius 1 is 0.852 bits per heavy atom. The van der Waals surface area contributed by atoms with E-state index in [4.69, 9.17) is 18.9 Å². The van der Waals surface area contributed by atoms with Crippen LogP contribution in [-0.2, 0) is 32.2 Å². The first-order valence-electron chi connectivity index (χ1n) is 9.39. The van der Waals surface area contributed by atoms with Gasteiger partial charge in [-0.2, -0.15) is 0 Å². The molecule has 1 N–H and O–H groups in total. The second kappa shape index (κ2) is 9.97. The van der Waals surface area contributed by atoms with Gasteiger partial charge in [0.2, 0.25) is 0 Å². The fourth-order valence-electron chi connectivity index (χ4n) is 3.49. The normalized spacial score (nSPS) is 28.2. The molecule has 0 saturated carbocycles. The molecule has 5 nitrogen and oxygen atoms in total. The summed E-state index contributed by atoms with van der Waals surface area (Å²) in [5, 5.41) is 3.33. The monoisotopic (exact) mass is 371 g/mol. The van der Waals surface area contributed by atoms with Crippen LogP contribution in [0.1, 0.15) is 18.1 Å². The van der Waals surface area contributed by atoms with E-state index in [1.54, 1.807) is 7.11 Å². The van der Waals surface area contributed by atoms with Gasteiger partial charge in [-0.15, -0.1) is 0 Å². The molecule has 1 aliphatic rings. The van der Waals surface area contributed by atoms with E-state index in [0.717, 1.165) is 11.1 Å². The molecule has 2 aromatic carbocycles. The van der Waals surface area contributed by atoms with Gasteiger partial charge in [0.1, 0.15) is 12.2 Å². The van der Waals surface area contributed by atoms with Crippen LogP contribution in [0.3, 0.4) is 0 Å². The highest BCUT2D eigenvalue weighted by molar-refractivity contribution is 5.14. The molecule has 0 aliphatic carbocycles. The highest BCUT2D eigenvalue weighted by Gasteiger charge is 2.45. The Balaban J connectivity index is 1.75. The van der Waals surface area contributed by atoms with Gasteiger partial charge in [0.25, 0.3) is 0 Å². The average Bonchev–Trinajstić information content (AvgIpc) is 2.72. The number of likely N-dealkylation sites (N-methyl/N-ethyl adjacent to an activating group) is 1. The van der Waals surface area contributed by atoms with Crippen molar-refractivity contribution < 1.29 is 18.9 Å². The largest absolute Gasteiger partial charge is 0.369 e. The van der Waals surface area contributed by atoms with Crippen molar-refractivity contribution in [3.8, 4) is 0 Å². The Morgan fingerprint density at radius 3 is 1.85 bits per heavy atom. The Labute approximate surface area is 161 Å². The van der Waals surface area contributed by atoms with Gasteiger partial charge in [-0.1, -0.05) is 60.7 Å². The van der Waals surface area contributed by atoms with E-state index >= 15 is 0 Å². The van der Waals surface area contributed by atoms with Crippen LogP contribution in [0.5, 0.6) is 0 Å². The molecule has 1 aliphatic heterocycles. The molecule has 1 saturated heterocycles. The van der Waals surface area contributed by atoms with Crippen molar-refractivity contribution in [1.82, 2.24) is 5.32 Å². The van der Waals surface area contributed by atoms with Gasteiger partial charge in [0.05, 0.1) is 25.4 Å². The summed E-state index contributed by atoms with van der Waals surface area (Å²) in [7, 11) is 3.56. The summed E-state index contributed by atoms with van der Waals surface area (Å²) in [6.07, 6.45) is -1.08. The maximum Gasteiger partial charge on any atom is 0.186 e. The van der Waals surface area contributed by atoms with E-state index in [1.807, 2.05) is 62.5 Å². The maximum absolute atomic E-state index is 6.33. The number of ether oxygens (including phenoxy) is 4. The minimum atomic E-state index is -0.478. The predicted molar refractivity (Wildman–Crippen MR) is 104 cm³/mol. The Kier molecular flexibility index (Phi) is 7.38. The van der Waals surface area contributed by atoms with Gasteiger partial charge in [-0.05, 0) is 25.1 Å². The van der Waals surface area contributed by atoms with E-state index in [0.29, 0.717) is 13.2 Å². The Bertz CT molecular complexity index is 667. The Hall–Kier alpha value is -1.76. The van der Waals surface area contributed by atoms with Gasteiger partial charge in [-0.3, -0.25) is 0 Å². The number of hydrogen-bond acceptors (Lipinski definition) is 5. The van der Waals surface area contributed by atoms with Crippen molar-refractivity contribution in [2.24, 2.45) is 0 Å². The first-order valence-corrected chi connectivity index (χ1v) is 9.39. The molecular weight excluding hydrogens is 342 g/mol. The Morgan fingerprint density at radius 2 is 1.37 bits per heavy atom. The van der Waals surface area contributed by atoms with Crippen LogP contribution < -0.4 is 5.32 Å². The molecule has 27 heavy (non-hydrogen) atoms. The summed E-state index contributed by atoms with van der Waals surface area (Å²) in [5.41, 5.74) is 2.23. The minimum Gasteiger partial charge on any atom is -0.369 e. The molecule has 3 rings (SSSR count). The zero-order valence-electron chi connectivity index (χ0n) is 16.2. The number of benzene rings is 2. The van der Waals surface area contributed by atoms with Crippen LogP contribution in [0.2, 0.25) is 0 Å². The highest BCUT2D eigenvalue weighted by Crippen LogP contribution is 2.27. The maximum atomic E-state index is 6.33. The summed E-state index contributed by atoms with van der Waals surface area (Å²) in [4.78, 5) is 0. The summed E-state index contributed by atoms with van der Waals surface area (Å²) in [6.45, 7) is 3.02. The number of rotatable bonds is 8. The molecule has 1 fully saturated rings. The van der Waals surface area contributed by atoms with Crippen molar-refractivity contribution in [3.63, 3.8) is 0 Å². The second-order valence-corrected chi connectivity index (χ2v) is 6.78. The first kappa shape index (κ1) is 20.0. The quantitative estimate of drug-likeness (QED) is 0.773. The van der Waals surface area contributed by atoms with E-state index < -0.39 is 6.29 Å². The summed E-state index contributed by atoms with van der Waals surface area (Å²) < 4.78 is 24.2. The van der Waals surface area contributed by atoms with Crippen LogP contribution in [0, 0.1) is 0 Å². The van der Waals surface area contributed by atoms with Crippen LogP contribution in [0.4, 0.5) is 0 Å². The van der Waals surface area contributed by atoms with Gasteiger partial charge in [0, 0.05) is 7.11 Å². The minimum absolute atomic E-state index is 0.000820. The number of hydrogen-bond donors (Lipinski definition) is 1. The van der Waals surface area contributed by atoms with Crippen LogP contribution in [0.15, 0.2) is 60.7 Å². The molecule has 2 aromatic rings. The third-order valence-corrected chi connectivity index (χ3v) is 4.94.